The molecule has 0 unspecified atom stereocenters. The predicted octanol–water partition coefficient (Wildman–Crippen LogP) is 1.02. The Morgan fingerprint density at radius 2 is 1.88 bits per heavy atom. The van der Waals surface area contributed by atoms with Crippen molar-refractivity contribution in [3.8, 4) is 0 Å². The van der Waals surface area contributed by atoms with Gasteiger partial charge in [0.25, 0.3) is 5.78 Å². The molecule has 1 aromatic carbocycles. The average Bonchev–Trinajstić information content (AvgIpc) is 2.25. The Morgan fingerprint density at radius 3 is 2.44 bits per heavy atom. The van der Waals surface area contributed by atoms with Crippen molar-refractivity contribution < 1.29 is 24.2 Å². The lowest BCUT2D eigenvalue weighted by atomic mass is 10.0. The van der Waals surface area contributed by atoms with Gasteiger partial charge in [0.15, 0.2) is 0 Å². The Kier molecular flexibility index (Phi) is 3.77. The van der Waals surface area contributed by atoms with Crippen molar-refractivity contribution in [1.29, 1.82) is 0 Å². The third-order valence-electron chi connectivity index (χ3n) is 1.89. The maximum absolute atomic E-state index is 11.3. The van der Waals surface area contributed by atoms with E-state index in [4.69, 9.17) is 9.84 Å². The fraction of sp³-hybridized carbons (Fsp3) is 0.182. The van der Waals surface area contributed by atoms with E-state index in [1.165, 1.54) is 13.0 Å². The molecule has 0 saturated carbocycles. The molecule has 0 saturated heterocycles. The number of carbonyl (C=O) groups is 3. The molecule has 1 N–H and O–H groups in total. The van der Waals surface area contributed by atoms with Crippen LogP contribution < -0.4 is 0 Å². The number of Topliss-reactive ketones (excluding diaryl/α,β-unsaturated/α-hetero) is 1. The second-order valence-corrected chi connectivity index (χ2v) is 3.07. The normalized spacial score (nSPS) is 9.56. The predicted molar refractivity (Wildman–Crippen MR) is 53.9 cm³/mol. The molecular weight excluding hydrogens is 212 g/mol. The highest BCUT2D eigenvalue weighted by atomic mass is 16.5. The van der Waals surface area contributed by atoms with Gasteiger partial charge in [0.2, 0.25) is 0 Å². The van der Waals surface area contributed by atoms with E-state index in [2.05, 4.69) is 0 Å². The van der Waals surface area contributed by atoms with Crippen LogP contribution in [0.5, 0.6) is 0 Å². The molecule has 0 aliphatic carbocycles. The number of rotatable bonds is 4. The molecule has 0 atom stereocenters. The van der Waals surface area contributed by atoms with E-state index in [9.17, 15) is 14.4 Å². The highest BCUT2D eigenvalue weighted by molar-refractivity contribution is 6.40. The minimum absolute atomic E-state index is 0.0382. The fourth-order valence-corrected chi connectivity index (χ4v) is 1.16. The second kappa shape index (κ2) is 5.06. The summed E-state index contributed by atoms with van der Waals surface area (Å²) in [5.74, 6) is -3.03. The first-order valence-electron chi connectivity index (χ1n) is 4.51. The summed E-state index contributed by atoms with van der Waals surface area (Å²) in [4.78, 5) is 32.4. The van der Waals surface area contributed by atoms with E-state index in [0.29, 0.717) is 5.56 Å². The van der Waals surface area contributed by atoms with E-state index >= 15 is 0 Å². The summed E-state index contributed by atoms with van der Waals surface area (Å²) < 4.78 is 4.71. The standard InChI is InChI=1S/C11H10O5/c1-7(12)16-6-8-4-2-3-5-9(8)10(13)11(14)15/h2-5H,6H2,1H3,(H,14,15). The monoisotopic (exact) mass is 222 g/mol. The van der Waals surface area contributed by atoms with Crippen molar-refractivity contribution in [3.05, 3.63) is 35.4 Å². The van der Waals surface area contributed by atoms with Crippen LogP contribution in [0, 0.1) is 0 Å². The highest BCUT2D eigenvalue weighted by Gasteiger charge is 2.18. The van der Waals surface area contributed by atoms with Crippen molar-refractivity contribution in [1.82, 2.24) is 0 Å². The maximum Gasteiger partial charge on any atom is 0.377 e. The molecule has 84 valence electrons. The summed E-state index contributed by atoms with van der Waals surface area (Å²) in [5.41, 5.74) is 0.418. The average molecular weight is 222 g/mol. The summed E-state index contributed by atoms with van der Waals surface area (Å²) in [6.45, 7) is 1.13. The number of benzene rings is 1. The molecule has 0 amide bonds. The minimum Gasteiger partial charge on any atom is -0.475 e. The zero-order valence-electron chi connectivity index (χ0n) is 8.60. The zero-order valence-corrected chi connectivity index (χ0v) is 8.60. The molecule has 0 fully saturated rings. The Hall–Kier alpha value is -2.17. The smallest absolute Gasteiger partial charge is 0.377 e. The summed E-state index contributed by atoms with van der Waals surface area (Å²) >= 11 is 0. The van der Waals surface area contributed by atoms with Crippen molar-refractivity contribution >= 4 is 17.7 Å². The van der Waals surface area contributed by atoms with E-state index in [-0.39, 0.29) is 12.2 Å². The zero-order chi connectivity index (χ0) is 12.1. The van der Waals surface area contributed by atoms with Crippen LogP contribution in [0.25, 0.3) is 0 Å². The summed E-state index contributed by atoms with van der Waals surface area (Å²) in [5, 5.41) is 8.58. The van der Waals surface area contributed by atoms with Gasteiger partial charge in [0, 0.05) is 18.1 Å². The summed E-state index contributed by atoms with van der Waals surface area (Å²) in [6.07, 6.45) is 0. The van der Waals surface area contributed by atoms with Gasteiger partial charge in [-0.25, -0.2) is 4.79 Å². The number of hydrogen-bond donors (Lipinski definition) is 1. The van der Waals surface area contributed by atoms with Crippen molar-refractivity contribution in [3.63, 3.8) is 0 Å². The Morgan fingerprint density at radius 1 is 1.25 bits per heavy atom. The van der Waals surface area contributed by atoms with Crippen molar-refractivity contribution in [2.75, 3.05) is 0 Å². The number of carboxylic acid groups (broad SMARTS) is 1. The number of hydrogen-bond acceptors (Lipinski definition) is 4. The molecule has 0 bridgehead atoms. The van der Waals surface area contributed by atoms with Crippen LogP contribution in [-0.4, -0.2) is 22.8 Å². The quantitative estimate of drug-likeness (QED) is 0.467. The van der Waals surface area contributed by atoms with Crippen LogP contribution in [0.4, 0.5) is 0 Å². The third-order valence-corrected chi connectivity index (χ3v) is 1.89. The van der Waals surface area contributed by atoms with Gasteiger partial charge in [-0.1, -0.05) is 24.3 Å². The molecular formula is C11H10O5. The number of aliphatic carboxylic acids is 1. The number of ether oxygens (including phenoxy) is 1. The molecule has 0 heterocycles. The van der Waals surface area contributed by atoms with Crippen molar-refractivity contribution in [2.45, 2.75) is 13.5 Å². The molecule has 0 aliphatic rings. The van der Waals surface area contributed by atoms with Crippen molar-refractivity contribution in [2.24, 2.45) is 0 Å². The first-order valence-corrected chi connectivity index (χ1v) is 4.51. The van der Waals surface area contributed by atoms with Gasteiger partial charge < -0.3 is 9.84 Å². The Labute approximate surface area is 91.6 Å². The van der Waals surface area contributed by atoms with Gasteiger partial charge in [-0.15, -0.1) is 0 Å². The molecule has 5 nitrogen and oxygen atoms in total. The second-order valence-electron chi connectivity index (χ2n) is 3.07. The molecule has 0 spiro atoms. The van der Waals surface area contributed by atoms with Gasteiger partial charge in [0.1, 0.15) is 6.61 Å². The molecule has 0 radical (unpaired) electrons. The molecule has 1 rings (SSSR count). The molecule has 0 aromatic heterocycles. The maximum atomic E-state index is 11.3. The molecule has 1 aromatic rings. The lowest BCUT2D eigenvalue weighted by Crippen LogP contribution is -2.15. The minimum atomic E-state index is -1.53. The fourth-order valence-electron chi connectivity index (χ4n) is 1.16. The first kappa shape index (κ1) is 11.9. The summed E-state index contributed by atoms with van der Waals surface area (Å²) in [7, 11) is 0. The number of ketones is 1. The van der Waals surface area contributed by atoms with Gasteiger partial charge in [-0.05, 0) is 0 Å². The van der Waals surface area contributed by atoms with Crippen LogP contribution in [0.1, 0.15) is 22.8 Å². The topological polar surface area (TPSA) is 80.7 Å². The first-order chi connectivity index (χ1) is 7.52. The summed E-state index contributed by atoms with van der Waals surface area (Å²) in [6, 6.07) is 6.11. The van der Waals surface area contributed by atoms with Crippen LogP contribution in [0.2, 0.25) is 0 Å². The molecule has 5 heteroatoms. The van der Waals surface area contributed by atoms with E-state index in [1.54, 1.807) is 18.2 Å². The van der Waals surface area contributed by atoms with E-state index in [0.717, 1.165) is 0 Å². The highest BCUT2D eigenvalue weighted by Crippen LogP contribution is 2.11. The SMILES string of the molecule is CC(=O)OCc1ccccc1C(=O)C(=O)O. The number of esters is 1. The van der Waals surface area contributed by atoms with E-state index in [1.807, 2.05) is 0 Å². The van der Waals surface area contributed by atoms with E-state index < -0.39 is 17.7 Å². The van der Waals surface area contributed by atoms with Gasteiger partial charge in [-0.3, -0.25) is 9.59 Å². The van der Waals surface area contributed by atoms with Crippen LogP contribution in [-0.2, 0) is 20.9 Å². The lowest BCUT2D eigenvalue weighted by molar-refractivity contribution is -0.142. The van der Waals surface area contributed by atoms with Gasteiger partial charge >= 0.3 is 11.9 Å². The Bertz CT molecular complexity index is 436. The third kappa shape index (κ3) is 2.91. The molecule has 16 heavy (non-hydrogen) atoms. The Balaban J connectivity index is 2.96. The van der Waals surface area contributed by atoms with Crippen LogP contribution in [0.15, 0.2) is 24.3 Å². The molecule has 0 aliphatic heterocycles. The lowest BCUT2D eigenvalue weighted by Gasteiger charge is -2.06. The van der Waals surface area contributed by atoms with Crippen LogP contribution in [0.3, 0.4) is 0 Å². The van der Waals surface area contributed by atoms with Gasteiger partial charge in [0.05, 0.1) is 0 Å². The number of carboxylic acids is 1. The number of carbonyl (C=O) groups excluding carboxylic acids is 2. The largest absolute Gasteiger partial charge is 0.475 e. The van der Waals surface area contributed by atoms with Gasteiger partial charge in [-0.2, -0.15) is 0 Å². The van der Waals surface area contributed by atoms with Crippen LogP contribution >= 0.6 is 0 Å².